The highest BCUT2D eigenvalue weighted by Gasteiger charge is 2.34. The number of carbonyl (C=O) groups excluding carboxylic acids is 1. The van der Waals surface area contributed by atoms with Crippen molar-refractivity contribution < 1.29 is 19.4 Å². The first-order valence-electron chi connectivity index (χ1n) is 8.92. The van der Waals surface area contributed by atoms with Crippen LogP contribution >= 0.6 is 0 Å². The fourth-order valence-corrected chi connectivity index (χ4v) is 3.98. The van der Waals surface area contributed by atoms with E-state index in [-0.39, 0.29) is 12.0 Å². The van der Waals surface area contributed by atoms with Gasteiger partial charge in [-0.1, -0.05) is 18.9 Å². The van der Waals surface area contributed by atoms with Gasteiger partial charge in [-0.25, -0.2) is 9.59 Å². The number of aliphatic carboxylic acids is 1. The van der Waals surface area contributed by atoms with Crippen molar-refractivity contribution in [2.75, 3.05) is 0 Å². The molecule has 2 aliphatic rings. The zero-order valence-electron chi connectivity index (χ0n) is 13.8. The van der Waals surface area contributed by atoms with E-state index in [1.807, 2.05) is 6.08 Å². The van der Waals surface area contributed by atoms with Gasteiger partial charge in [0.1, 0.15) is 12.1 Å². The number of amides is 1. The average molecular weight is 323 g/mol. The monoisotopic (exact) mass is 323 g/mol. The van der Waals surface area contributed by atoms with Crippen molar-refractivity contribution in [2.45, 2.75) is 76.4 Å². The van der Waals surface area contributed by atoms with Crippen LogP contribution in [0.5, 0.6) is 0 Å². The number of carboxylic acid groups (broad SMARTS) is 1. The lowest BCUT2D eigenvalue weighted by molar-refractivity contribution is -0.140. The molecule has 0 aromatic heterocycles. The molecule has 1 amide bonds. The second-order valence-electron chi connectivity index (χ2n) is 6.86. The second kappa shape index (κ2) is 8.94. The van der Waals surface area contributed by atoms with Crippen LogP contribution in [0.2, 0.25) is 0 Å². The van der Waals surface area contributed by atoms with Gasteiger partial charge >= 0.3 is 12.1 Å². The zero-order valence-corrected chi connectivity index (χ0v) is 13.8. The summed E-state index contributed by atoms with van der Waals surface area (Å²) in [7, 11) is 0. The molecule has 2 rings (SSSR count). The molecule has 0 aliphatic heterocycles. The summed E-state index contributed by atoms with van der Waals surface area (Å²) < 4.78 is 5.56. The molecule has 3 unspecified atom stereocenters. The number of rotatable bonds is 8. The first kappa shape index (κ1) is 17.8. The fraction of sp³-hybridized carbons (Fsp3) is 0.778. The fourth-order valence-electron chi connectivity index (χ4n) is 3.98. The van der Waals surface area contributed by atoms with Crippen LogP contribution in [-0.2, 0) is 9.53 Å². The molecule has 5 nitrogen and oxygen atoms in total. The van der Waals surface area contributed by atoms with Crippen molar-refractivity contribution in [2.24, 2.45) is 11.8 Å². The number of ether oxygens (including phenoxy) is 1. The van der Waals surface area contributed by atoms with Gasteiger partial charge in [0.15, 0.2) is 0 Å². The lowest BCUT2D eigenvalue weighted by Crippen LogP contribution is -2.46. The van der Waals surface area contributed by atoms with Gasteiger partial charge in [-0.2, -0.15) is 0 Å². The van der Waals surface area contributed by atoms with Gasteiger partial charge in [-0.3, -0.25) is 0 Å². The molecular weight excluding hydrogens is 294 g/mol. The van der Waals surface area contributed by atoms with Crippen molar-refractivity contribution >= 4 is 12.1 Å². The highest BCUT2D eigenvalue weighted by Crippen LogP contribution is 2.32. The van der Waals surface area contributed by atoms with E-state index in [0.717, 1.165) is 64.2 Å². The maximum Gasteiger partial charge on any atom is 0.408 e. The van der Waals surface area contributed by atoms with Gasteiger partial charge in [-0.05, 0) is 63.2 Å². The first-order valence-corrected chi connectivity index (χ1v) is 8.92. The first-order chi connectivity index (χ1) is 11.1. The minimum atomic E-state index is -0.956. The number of hydrogen-bond donors (Lipinski definition) is 2. The van der Waals surface area contributed by atoms with Gasteiger partial charge in [-0.15, -0.1) is 6.58 Å². The standard InChI is InChI=1S/C18H29NO4/c1-2-3-4-8-13-11-7-12-15(13)23-18(22)19-16(17(20)21)14-9-5-6-10-14/h2,13-16H,1,3-12H2,(H,19,22)(H,20,21). The van der Waals surface area contributed by atoms with Gasteiger partial charge in [0.05, 0.1) is 0 Å². The SMILES string of the molecule is C=CCCCC1CCCC1OC(=O)NC(C(=O)O)C1CCCC1. The van der Waals surface area contributed by atoms with E-state index in [1.54, 1.807) is 0 Å². The molecule has 5 heteroatoms. The van der Waals surface area contributed by atoms with E-state index in [9.17, 15) is 14.7 Å². The second-order valence-corrected chi connectivity index (χ2v) is 6.86. The van der Waals surface area contributed by atoms with Gasteiger partial charge in [0.25, 0.3) is 0 Å². The van der Waals surface area contributed by atoms with Crippen molar-refractivity contribution in [3.63, 3.8) is 0 Å². The lowest BCUT2D eigenvalue weighted by atomic mass is 9.98. The molecule has 23 heavy (non-hydrogen) atoms. The van der Waals surface area contributed by atoms with Crippen molar-refractivity contribution in [1.29, 1.82) is 0 Å². The molecule has 0 heterocycles. The van der Waals surface area contributed by atoms with Gasteiger partial charge < -0.3 is 15.2 Å². The van der Waals surface area contributed by atoms with Gasteiger partial charge in [0, 0.05) is 0 Å². The minimum Gasteiger partial charge on any atom is -0.480 e. The van der Waals surface area contributed by atoms with Crippen molar-refractivity contribution in [3.8, 4) is 0 Å². The molecule has 2 N–H and O–H groups in total. The summed E-state index contributed by atoms with van der Waals surface area (Å²) in [5.74, 6) is -0.523. The Morgan fingerprint density at radius 3 is 2.61 bits per heavy atom. The number of carbonyl (C=O) groups is 2. The number of allylic oxidation sites excluding steroid dienone is 1. The largest absolute Gasteiger partial charge is 0.480 e. The van der Waals surface area contributed by atoms with Crippen LogP contribution < -0.4 is 5.32 Å². The van der Waals surface area contributed by atoms with E-state index in [1.165, 1.54) is 0 Å². The Bertz CT molecular complexity index is 417. The van der Waals surface area contributed by atoms with Crippen LogP contribution in [0, 0.1) is 11.8 Å². The van der Waals surface area contributed by atoms with Crippen LogP contribution in [0.4, 0.5) is 4.79 Å². The Morgan fingerprint density at radius 1 is 1.22 bits per heavy atom. The third-order valence-corrected chi connectivity index (χ3v) is 5.24. The predicted molar refractivity (Wildman–Crippen MR) is 88.2 cm³/mol. The number of nitrogens with one attached hydrogen (secondary N) is 1. The maximum absolute atomic E-state index is 12.1. The van der Waals surface area contributed by atoms with Crippen LogP contribution in [0.1, 0.15) is 64.2 Å². The average Bonchev–Trinajstić information content (AvgIpc) is 3.17. The molecule has 130 valence electrons. The van der Waals surface area contributed by atoms with Gasteiger partial charge in [0.2, 0.25) is 0 Å². The molecule has 0 aromatic carbocycles. The number of carboxylic acids is 1. The summed E-state index contributed by atoms with van der Waals surface area (Å²) in [6.45, 7) is 3.73. The Balaban J connectivity index is 1.82. The Hall–Kier alpha value is -1.52. The molecular formula is C18H29NO4. The third-order valence-electron chi connectivity index (χ3n) is 5.24. The molecule has 0 spiro atoms. The molecule has 0 aromatic rings. The summed E-state index contributed by atoms with van der Waals surface area (Å²) in [5, 5.41) is 12.0. The third kappa shape index (κ3) is 5.26. The molecule has 0 radical (unpaired) electrons. The normalized spacial score (nSPS) is 25.9. The van der Waals surface area contributed by atoms with E-state index >= 15 is 0 Å². The summed E-state index contributed by atoms with van der Waals surface area (Å²) in [5.41, 5.74) is 0. The van der Waals surface area contributed by atoms with E-state index in [2.05, 4.69) is 11.9 Å². The van der Waals surface area contributed by atoms with E-state index in [4.69, 9.17) is 4.74 Å². The predicted octanol–water partition coefficient (Wildman–Crippen LogP) is 3.88. The maximum atomic E-state index is 12.1. The lowest BCUT2D eigenvalue weighted by Gasteiger charge is -2.24. The smallest absolute Gasteiger partial charge is 0.408 e. The Kier molecular flexibility index (Phi) is 6.93. The van der Waals surface area contributed by atoms with Crippen molar-refractivity contribution in [3.05, 3.63) is 12.7 Å². The van der Waals surface area contributed by atoms with Crippen molar-refractivity contribution in [1.82, 2.24) is 5.32 Å². The molecule has 2 fully saturated rings. The van der Waals surface area contributed by atoms with Crippen LogP contribution in [0.3, 0.4) is 0 Å². The molecule has 0 bridgehead atoms. The molecule has 3 atom stereocenters. The van der Waals surface area contributed by atoms with Crippen LogP contribution in [0.25, 0.3) is 0 Å². The van der Waals surface area contributed by atoms with E-state index in [0.29, 0.717) is 5.92 Å². The highest BCUT2D eigenvalue weighted by atomic mass is 16.6. The zero-order chi connectivity index (χ0) is 16.7. The quantitative estimate of drug-likeness (QED) is 0.525. The number of alkyl carbamates (subject to hydrolysis) is 1. The summed E-state index contributed by atoms with van der Waals surface area (Å²) in [6, 6.07) is -0.814. The number of unbranched alkanes of at least 4 members (excludes halogenated alkanes) is 1. The highest BCUT2D eigenvalue weighted by molar-refractivity contribution is 5.80. The van der Waals surface area contributed by atoms with E-state index < -0.39 is 18.1 Å². The Morgan fingerprint density at radius 2 is 1.96 bits per heavy atom. The summed E-state index contributed by atoms with van der Waals surface area (Å²) in [4.78, 5) is 23.6. The molecule has 2 saturated carbocycles. The van der Waals surface area contributed by atoms with Crippen LogP contribution in [-0.4, -0.2) is 29.3 Å². The molecule has 0 saturated heterocycles. The topological polar surface area (TPSA) is 75.6 Å². The van der Waals surface area contributed by atoms with Crippen LogP contribution in [0.15, 0.2) is 12.7 Å². The summed E-state index contributed by atoms with van der Waals surface area (Å²) in [6.07, 6.45) is 11.2. The Labute approximate surface area is 138 Å². The minimum absolute atomic E-state index is 0.0343. The molecule has 2 aliphatic carbocycles. The summed E-state index contributed by atoms with van der Waals surface area (Å²) >= 11 is 0. The number of hydrogen-bond acceptors (Lipinski definition) is 3.